The molecule has 1 aromatic carbocycles. The lowest BCUT2D eigenvalue weighted by molar-refractivity contribution is -0.384. The molecule has 14 heavy (non-hydrogen) atoms. The highest BCUT2D eigenvalue weighted by molar-refractivity contribution is 9.10. The van der Waals surface area contributed by atoms with E-state index in [0.29, 0.717) is 10.1 Å². The second kappa shape index (κ2) is 3.09. The van der Waals surface area contributed by atoms with E-state index in [2.05, 4.69) is 15.9 Å². The van der Waals surface area contributed by atoms with E-state index in [4.69, 9.17) is 4.42 Å². The molecule has 0 aliphatic carbocycles. The normalized spacial score (nSPS) is 10.7. The molecule has 72 valence electrons. The van der Waals surface area contributed by atoms with E-state index < -0.39 is 4.92 Å². The zero-order valence-corrected chi connectivity index (χ0v) is 8.87. The number of aryl methyl sites for hydroxylation is 1. The highest BCUT2D eigenvalue weighted by atomic mass is 79.9. The van der Waals surface area contributed by atoms with Gasteiger partial charge in [0.05, 0.1) is 9.40 Å². The van der Waals surface area contributed by atoms with Crippen molar-refractivity contribution in [3.63, 3.8) is 0 Å². The van der Waals surface area contributed by atoms with Crippen LogP contribution in [0.3, 0.4) is 0 Å². The largest absolute Gasteiger partial charge is 0.460 e. The molecule has 2 aromatic rings. The molecule has 0 unspecified atom stereocenters. The van der Waals surface area contributed by atoms with Crippen LogP contribution in [0.4, 0.5) is 5.69 Å². The van der Waals surface area contributed by atoms with Crippen molar-refractivity contribution in [1.82, 2.24) is 0 Å². The molecule has 0 saturated heterocycles. The van der Waals surface area contributed by atoms with Crippen molar-refractivity contribution in [3.8, 4) is 0 Å². The molecular weight excluding hydrogens is 250 g/mol. The predicted molar refractivity (Wildman–Crippen MR) is 55.3 cm³/mol. The van der Waals surface area contributed by atoms with E-state index >= 15 is 0 Å². The van der Waals surface area contributed by atoms with Crippen LogP contribution >= 0.6 is 15.9 Å². The van der Waals surface area contributed by atoms with Crippen LogP contribution in [0.2, 0.25) is 0 Å². The van der Waals surface area contributed by atoms with Crippen LogP contribution in [0.15, 0.2) is 27.1 Å². The lowest BCUT2D eigenvalue weighted by atomic mass is 10.2. The van der Waals surface area contributed by atoms with E-state index in [9.17, 15) is 10.1 Å². The molecule has 5 heteroatoms. The Morgan fingerprint density at radius 3 is 2.79 bits per heavy atom. The molecule has 0 fully saturated rings. The minimum Gasteiger partial charge on any atom is -0.460 e. The van der Waals surface area contributed by atoms with Gasteiger partial charge in [-0.3, -0.25) is 10.1 Å². The fraction of sp³-hybridized carbons (Fsp3) is 0.111. The first-order valence-electron chi connectivity index (χ1n) is 3.92. The molecule has 0 aliphatic rings. The van der Waals surface area contributed by atoms with Gasteiger partial charge in [-0.1, -0.05) is 0 Å². The summed E-state index contributed by atoms with van der Waals surface area (Å²) in [6.07, 6.45) is 0. The Morgan fingerprint density at radius 2 is 2.14 bits per heavy atom. The molecule has 0 spiro atoms. The van der Waals surface area contributed by atoms with Gasteiger partial charge < -0.3 is 4.42 Å². The molecule has 4 nitrogen and oxygen atoms in total. The number of fused-ring (bicyclic) bond motifs is 1. The molecule has 1 heterocycles. The van der Waals surface area contributed by atoms with Gasteiger partial charge in [0, 0.05) is 17.5 Å². The minimum absolute atomic E-state index is 0.0603. The van der Waals surface area contributed by atoms with Gasteiger partial charge in [-0.25, -0.2) is 0 Å². The third kappa shape index (κ3) is 1.39. The second-order valence-electron chi connectivity index (χ2n) is 2.96. The predicted octanol–water partition coefficient (Wildman–Crippen LogP) is 3.41. The molecule has 0 saturated carbocycles. The van der Waals surface area contributed by atoms with Crippen molar-refractivity contribution < 1.29 is 9.34 Å². The number of non-ortho nitro benzene ring substituents is 1. The molecule has 0 amide bonds. The van der Waals surface area contributed by atoms with E-state index in [1.807, 2.05) is 0 Å². The molecule has 0 N–H and O–H groups in total. The number of hydrogen-bond donors (Lipinski definition) is 0. The second-order valence-corrected chi connectivity index (χ2v) is 3.81. The molecule has 2 rings (SSSR count). The first-order chi connectivity index (χ1) is 6.58. The maximum Gasteiger partial charge on any atom is 0.271 e. The molecule has 1 aromatic heterocycles. The van der Waals surface area contributed by atoms with Gasteiger partial charge in [0.1, 0.15) is 11.3 Å². The lowest BCUT2D eigenvalue weighted by Crippen LogP contribution is -1.86. The smallest absolute Gasteiger partial charge is 0.271 e. The third-order valence-corrected chi connectivity index (χ3v) is 2.48. The summed E-state index contributed by atoms with van der Waals surface area (Å²) in [5.41, 5.74) is 0.707. The van der Waals surface area contributed by atoms with Gasteiger partial charge >= 0.3 is 0 Å². The summed E-state index contributed by atoms with van der Waals surface area (Å²) in [6, 6.07) is 4.70. The van der Waals surface area contributed by atoms with Gasteiger partial charge in [-0.05, 0) is 28.9 Å². The summed E-state index contributed by atoms with van der Waals surface area (Å²) < 4.78 is 5.97. The first kappa shape index (κ1) is 9.21. The summed E-state index contributed by atoms with van der Waals surface area (Å²) in [6.45, 7) is 1.80. The SMILES string of the molecule is Cc1cc2cc([N+](=O)[O-])cc(Br)c2o1. The molecule has 0 bridgehead atoms. The van der Waals surface area contributed by atoms with Crippen LogP contribution in [0, 0.1) is 17.0 Å². The summed E-state index contributed by atoms with van der Waals surface area (Å²) in [5, 5.41) is 11.3. The molecule has 0 radical (unpaired) electrons. The average molecular weight is 256 g/mol. The first-order valence-corrected chi connectivity index (χ1v) is 4.71. The van der Waals surface area contributed by atoms with Crippen LogP contribution in [0.5, 0.6) is 0 Å². The number of rotatable bonds is 1. The monoisotopic (exact) mass is 255 g/mol. The topological polar surface area (TPSA) is 56.3 Å². The highest BCUT2D eigenvalue weighted by Crippen LogP contribution is 2.31. The Hall–Kier alpha value is -1.36. The van der Waals surface area contributed by atoms with E-state index in [0.717, 1.165) is 11.1 Å². The Balaban J connectivity index is 2.77. The Kier molecular flexibility index (Phi) is 2.03. The van der Waals surface area contributed by atoms with Crippen LogP contribution in [0.1, 0.15) is 5.76 Å². The fourth-order valence-corrected chi connectivity index (χ4v) is 1.87. The van der Waals surface area contributed by atoms with E-state index in [1.165, 1.54) is 12.1 Å². The van der Waals surface area contributed by atoms with Crippen LogP contribution in [-0.4, -0.2) is 4.92 Å². The van der Waals surface area contributed by atoms with Crippen molar-refractivity contribution in [2.45, 2.75) is 6.92 Å². The lowest BCUT2D eigenvalue weighted by Gasteiger charge is -1.93. The summed E-state index contributed by atoms with van der Waals surface area (Å²) in [7, 11) is 0. The third-order valence-electron chi connectivity index (χ3n) is 1.89. The van der Waals surface area contributed by atoms with Crippen molar-refractivity contribution in [2.75, 3.05) is 0 Å². The molecule has 0 atom stereocenters. The zero-order chi connectivity index (χ0) is 10.3. The van der Waals surface area contributed by atoms with Crippen molar-refractivity contribution in [1.29, 1.82) is 0 Å². The van der Waals surface area contributed by atoms with E-state index in [1.54, 1.807) is 13.0 Å². The maximum atomic E-state index is 10.6. The molecule has 0 aliphatic heterocycles. The van der Waals surface area contributed by atoms with Gasteiger partial charge in [0.2, 0.25) is 0 Å². The number of nitro benzene ring substituents is 1. The quantitative estimate of drug-likeness (QED) is 0.580. The number of benzene rings is 1. The van der Waals surface area contributed by atoms with Crippen LogP contribution in [-0.2, 0) is 0 Å². The number of nitro groups is 1. The minimum atomic E-state index is -0.424. The number of hydrogen-bond acceptors (Lipinski definition) is 3. The van der Waals surface area contributed by atoms with E-state index in [-0.39, 0.29) is 5.69 Å². The van der Waals surface area contributed by atoms with Gasteiger partial charge in [-0.2, -0.15) is 0 Å². The zero-order valence-electron chi connectivity index (χ0n) is 7.28. The van der Waals surface area contributed by atoms with Gasteiger partial charge in [-0.15, -0.1) is 0 Å². The number of nitrogens with zero attached hydrogens (tertiary/aromatic N) is 1. The van der Waals surface area contributed by atoms with Crippen molar-refractivity contribution in [3.05, 3.63) is 38.5 Å². The Bertz CT molecular complexity index is 518. The fourth-order valence-electron chi connectivity index (χ4n) is 1.33. The Morgan fingerprint density at radius 1 is 1.43 bits per heavy atom. The standard InChI is InChI=1S/C9H6BrNO3/c1-5-2-6-3-7(11(12)13)4-8(10)9(6)14-5/h2-4H,1H3. The summed E-state index contributed by atoms with van der Waals surface area (Å²) >= 11 is 3.23. The maximum absolute atomic E-state index is 10.6. The highest BCUT2D eigenvalue weighted by Gasteiger charge is 2.12. The number of furan rings is 1. The van der Waals surface area contributed by atoms with Gasteiger partial charge in [0.25, 0.3) is 5.69 Å². The Labute approximate surface area is 87.8 Å². The summed E-state index contributed by atoms with van der Waals surface area (Å²) in [5.74, 6) is 0.737. The van der Waals surface area contributed by atoms with Crippen molar-refractivity contribution in [2.24, 2.45) is 0 Å². The van der Waals surface area contributed by atoms with Crippen LogP contribution in [0.25, 0.3) is 11.0 Å². The van der Waals surface area contributed by atoms with Crippen LogP contribution < -0.4 is 0 Å². The van der Waals surface area contributed by atoms with Gasteiger partial charge in [0.15, 0.2) is 0 Å². The van der Waals surface area contributed by atoms with Crippen molar-refractivity contribution >= 4 is 32.6 Å². The summed E-state index contributed by atoms with van der Waals surface area (Å²) in [4.78, 5) is 10.1. The molecular formula is C9H6BrNO3. The average Bonchev–Trinajstić information content (AvgIpc) is 2.45. The number of halogens is 1.